The van der Waals surface area contributed by atoms with Crippen molar-refractivity contribution in [1.82, 2.24) is 14.8 Å². The highest BCUT2D eigenvalue weighted by molar-refractivity contribution is 5.31. The molecule has 0 saturated heterocycles. The van der Waals surface area contributed by atoms with Gasteiger partial charge in [0.2, 0.25) is 0 Å². The van der Waals surface area contributed by atoms with Crippen LogP contribution in [0.5, 0.6) is 0 Å². The van der Waals surface area contributed by atoms with Crippen LogP contribution in [0, 0.1) is 11.8 Å². The van der Waals surface area contributed by atoms with Crippen LogP contribution in [-0.2, 0) is 6.54 Å². The van der Waals surface area contributed by atoms with Crippen LogP contribution >= 0.6 is 0 Å². The van der Waals surface area contributed by atoms with Gasteiger partial charge in [-0.15, -0.1) is 0 Å². The number of nitrogens with zero attached hydrogens (tertiary/aromatic N) is 3. The van der Waals surface area contributed by atoms with E-state index in [0.29, 0.717) is 6.54 Å². The maximum Gasteiger partial charge on any atom is 0.102 e. The highest BCUT2D eigenvalue weighted by Gasteiger charge is 1.84. The molecule has 2 aromatic heterocycles. The molecule has 0 aliphatic rings. The Kier molecular flexibility index (Phi) is 2.58. The predicted octanol–water partition coefficient (Wildman–Crippen LogP) is 1.33. The maximum atomic E-state index is 4.05. The molecule has 14 heavy (non-hydrogen) atoms. The molecule has 3 heteroatoms. The summed E-state index contributed by atoms with van der Waals surface area (Å²) in [5.41, 5.74) is 0.979. The van der Waals surface area contributed by atoms with Gasteiger partial charge >= 0.3 is 0 Å². The van der Waals surface area contributed by atoms with Crippen molar-refractivity contribution in [2.24, 2.45) is 0 Å². The van der Waals surface area contributed by atoms with E-state index in [0.717, 1.165) is 5.56 Å². The van der Waals surface area contributed by atoms with Gasteiger partial charge < -0.3 is 0 Å². The average Bonchev–Trinajstić information content (AvgIpc) is 2.72. The van der Waals surface area contributed by atoms with E-state index in [1.165, 1.54) is 0 Å². The van der Waals surface area contributed by atoms with Crippen molar-refractivity contribution in [1.29, 1.82) is 0 Å². The number of hydrogen-bond acceptors (Lipinski definition) is 2. The molecule has 2 heterocycles. The second-order valence-corrected chi connectivity index (χ2v) is 2.74. The van der Waals surface area contributed by atoms with Crippen molar-refractivity contribution in [3.05, 3.63) is 48.5 Å². The Hall–Kier alpha value is -2.08. The van der Waals surface area contributed by atoms with Crippen molar-refractivity contribution in [3.8, 4) is 11.8 Å². The Morgan fingerprint density at radius 3 is 2.79 bits per heavy atom. The summed E-state index contributed by atoms with van der Waals surface area (Å²) in [4.78, 5) is 3.92. The Labute approximate surface area is 82.4 Å². The van der Waals surface area contributed by atoms with Crippen molar-refractivity contribution in [2.75, 3.05) is 0 Å². The third-order valence-electron chi connectivity index (χ3n) is 1.71. The molecule has 0 saturated carbocycles. The zero-order valence-corrected chi connectivity index (χ0v) is 7.59. The van der Waals surface area contributed by atoms with Crippen LogP contribution in [0.2, 0.25) is 0 Å². The van der Waals surface area contributed by atoms with Crippen LogP contribution in [-0.4, -0.2) is 14.8 Å². The molecular weight excluding hydrogens is 174 g/mol. The fourth-order valence-corrected chi connectivity index (χ4v) is 1.05. The van der Waals surface area contributed by atoms with E-state index >= 15 is 0 Å². The van der Waals surface area contributed by atoms with Crippen LogP contribution in [0.25, 0.3) is 0 Å². The minimum Gasteiger partial charge on any atom is -0.265 e. The molecule has 0 fully saturated rings. The van der Waals surface area contributed by atoms with E-state index in [-0.39, 0.29) is 0 Å². The standard InChI is InChI=1S/C11H9N3/c1(9-14-10-2-6-13-14)3-11-4-7-12-8-5-11/h2,4-8,10H,9H2. The van der Waals surface area contributed by atoms with Crippen LogP contribution in [0.4, 0.5) is 0 Å². The van der Waals surface area contributed by atoms with Gasteiger partial charge in [0.05, 0.1) is 0 Å². The number of hydrogen-bond donors (Lipinski definition) is 0. The van der Waals surface area contributed by atoms with E-state index in [1.807, 2.05) is 24.4 Å². The fraction of sp³-hybridized carbons (Fsp3) is 0.0909. The normalized spacial score (nSPS) is 9.14. The SMILES string of the molecule is C(#Cc1ccncc1)Cn1cccn1. The summed E-state index contributed by atoms with van der Waals surface area (Å²) in [6, 6.07) is 5.65. The van der Waals surface area contributed by atoms with Gasteiger partial charge in [-0.3, -0.25) is 9.67 Å². The summed E-state index contributed by atoms with van der Waals surface area (Å²) >= 11 is 0. The first-order valence-corrected chi connectivity index (χ1v) is 4.31. The minimum atomic E-state index is 0.620. The zero-order chi connectivity index (χ0) is 9.64. The summed E-state index contributed by atoms with van der Waals surface area (Å²) in [7, 11) is 0. The first-order valence-electron chi connectivity index (χ1n) is 4.31. The lowest BCUT2D eigenvalue weighted by atomic mass is 10.3. The molecule has 3 nitrogen and oxygen atoms in total. The van der Waals surface area contributed by atoms with E-state index in [2.05, 4.69) is 21.9 Å². The molecule has 0 N–H and O–H groups in total. The van der Waals surface area contributed by atoms with E-state index < -0.39 is 0 Å². The highest BCUT2D eigenvalue weighted by Crippen LogP contribution is 1.92. The Bertz CT molecular complexity index is 434. The minimum absolute atomic E-state index is 0.620. The van der Waals surface area contributed by atoms with Crippen LogP contribution in [0.15, 0.2) is 43.0 Å². The molecule has 0 aromatic carbocycles. The number of pyridine rings is 1. The smallest absolute Gasteiger partial charge is 0.102 e. The lowest BCUT2D eigenvalue weighted by Crippen LogP contribution is -1.94. The van der Waals surface area contributed by atoms with Gasteiger partial charge in [-0.1, -0.05) is 11.8 Å². The highest BCUT2D eigenvalue weighted by atomic mass is 15.3. The van der Waals surface area contributed by atoms with Gasteiger partial charge in [-0.25, -0.2) is 0 Å². The molecule has 0 amide bonds. The summed E-state index contributed by atoms with van der Waals surface area (Å²) in [5.74, 6) is 6.06. The monoisotopic (exact) mass is 183 g/mol. The van der Waals surface area contributed by atoms with E-state index in [9.17, 15) is 0 Å². The predicted molar refractivity (Wildman–Crippen MR) is 53.3 cm³/mol. The molecule has 0 spiro atoms. The lowest BCUT2D eigenvalue weighted by Gasteiger charge is -1.90. The summed E-state index contributed by atoms with van der Waals surface area (Å²) < 4.78 is 1.79. The van der Waals surface area contributed by atoms with Gasteiger partial charge in [-0.05, 0) is 18.2 Å². The number of rotatable bonds is 1. The van der Waals surface area contributed by atoms with Crippen molar-refractivity contribution >= 4 is 0 Å². The van der Waals surface area contributed by atoms with Crippen LogP contribution < -0.4 is 0 Å². The van der Waals surface area contributed by atoms with Crippen molar-refractivity contribution < 1.29 is 0 Å². The fourth-order valence-electron chi connectivity index (χ4n) is 1.05. The summed E-state index contributed by atoms with van der Waals surface area (Å²) in [5, 5.41) is 4.05. The first kappa shape index (κ1) is 8.52. The molecule has 0 radical (unpaired) electrons. The van der Waals surface area contributed by atoms with E-state index in [4.69, 9.17) is 0 Å². The largest absolute Gasteiger partial charge is 0.265 e. The van der Waals surface area contributed by atoms with Gasteiger partial charge in [0.15, 0.2) is 0 Å². The molecular formula is C11H9N3. The molecule has 0 aliphatic heterocycles. The quantitative estimate of drug-likeness (QED) is 0.624. The third-order valence-corrected chi connectivity index (χ3v) is 1.71. The third kappa shape index (κ3) is 2.20. The lowest BCUT2D eigenvalue weighted by molar-refractivity contribution is 0.715. The Morgan fingerprint density at radius 2 is 2.07 bits per heavy atom. The molecule has 68 valence electrons. The molecule has 0 bridgehead atoms. The number of aromatic nitrogens is 3. The summed E-state index contributed by atoms with van der Waals surface area (Å²) in [6.07, 6.45) is 7.10. The Morgan fingerprint density at radius 1 is 1.21 bits per heavy atom. The average molecular weight is 183 g/mol. The van der Waals surface area contributed by atoms with E-state index in [1.54, 1.807) is 23.3 Å². The molecule has 2 rings (SSSR count). The van der Waals surface area contributed by atoms with Crippen LogP contribution in [0.3, 0.4) is 0 Å². The molecule has 0 unspecified atom stereocenters. The zero-order valence-electron chi connectivity index (χ0n) is 7.59. The first-order chi connectivity index (χ1) is 6.95. The second-order valence-electron chi connectivity index (χ2n) is 2.74. The van der Waals surface area contributed by atoms with Crippen molar-refractivity contribution in [2.45, 2.75) is 6.54 Å². The van der Waals surface area contributed by atoms with Crippen molar-refractivity contribution in [3.63, 3.8) is 0 Å². The topological polar surface area (TPSA) is 30.7 Å². The van der Waals surface area contributed by atoms with Crippen LogP contribution in [0.1, 0.15) is 5.56 Å². The molecule has 0 aliphatic carbocycles. The molecule has 2 aromatic rings. The maximum absolute atomic E-state index is 4.05. The summed E-state index contributed by atoms with van der Waals surface area (Å²) in [6.45, 7) is 0.620. The van der Waals surface area contributed by atoms with Gasteiger partial charge in [0, 0.05) is 30.4 Å². The second kappa shape index (κ2) is 4.24. The molecule has 0 atom stereocenters. The van der Waals surface area contributed by atoms with Gasteiger partial charge in [0.1, 0.15) is 6.54 Å². The van der Waals surface area contributed by atoms with Gasteiger partial charge in [0.25, 0.3) is 0 Å². The Balaban J connectivity index is 2.02. The van der Waals surface area contributed by atoms with Gasteiger partial charge in [-0.2, -0.15) is 5.10 Å².